The highest BCUT2D eigenvalue weighted by Gasteiger charge is 2.24. The van der Waals surface area contributed by atoms with Crippen molar-refractivity contribution in [3.63, 3.8) is 0 Å². The van der Waals surface area contributed by atoms with Gasteiger partial charge in [0, 0.05) is 30.4 Å². The molecule has 0 aromatic heterocycles. The third kappa shape index (κ3) is 3.96. The van der Waals surface area contributed by atoms with Crippen LogP contribution in [0.3, 0.4) is 0 Å². The van der Waals surface area contributed by atoms with Gasteiger partial charge in [0.25, 0.3) is 0 Å². The summed E-state index contributed by atoms with van der Waals surface area (Å²) in [6.45, 7) is 4.42. The van der Waals surface area contributed by atoms with E-state index in [4.69, 9.17) is 0 Å². The van der Waals surface area contributed by atoms with E-state index in [1.807, 2.05) is 24.3 Å². The summed E-state index contributed by atoms with van der Waals surface area (Å²) in [5.41, 5.74) is 1.64. The van der Waals surface area contributed by atoms with E-state index in [1.54, 1.807) is 4.90 Å². The Hall–Kier alpha value is -1.88. The van der Waals surface area contributed by atoms with Crippen molar-refractivity contribution < 1.29 is 9.59 Å². The molecule has 1 aromatic carbocycles. The fourth-order valence-electron chi connectivity index (χ4n) is 3.79. The summed E-state index contributed by atoms with van der Waals surface area (Å²) in [5, 5.41) is 2.99. The number of nitrogens with zero attached hydrogens (tertiary/aromatic N) is 2. The lowest BCUT2D eigenvalue weighted by Gasteiger charge is -2.34. The number of hydrogen-bond acceptors (Lipinski definition) is 3. The van der Waals surface area contributed by atoms with Crippen molar-refractivity contribution in [2.75, 3.05) is 29.9 Å². The van der Waals surface area contributed by atoms with Crippen molar-refractivity contribution in [3.8, 4) is 0 Å². The minimum atomic E-state index is 0.0280. The third-order valence-electron chi connectivity index (χ3n) is 5.08. The molecule has 2 heterocycles. The summed E-state index contributed by atoms with van der Waals surface area (Å²) in [6, 6.07) is 8.13. The lowest BCUT2D eigenvalue weighted by atomic mass is 10.00. The van der Waals surface area contributed by atoms with Crippen LogP contribution < -0.4 is 10.2 Å². The van der Waals surface area contributed by atoms with Crippen molar-refractivity contribution in [3.05, 3.63) is 24.3 Å². The molecule has 130 valence electrons. The number of likely N-dealkylation sites (tertiary alicyclic amines) is 1. The second kappa shape index (κ2) is 7.79. The molecule has 0 radical (unpaired) electrons. The Balaban J connectivity index is 1.61. The van der Waals surface area contributed by atoms with Crippen LogP contribution in [-0.2, 0) is 9.59 Å². The average molecular weight is 329 g/mol. The van der Waals surface area contributed by atoms with E-state index >= 15 is 0 Å². The molecule has 24 heavy (non-hydrogen) atoms. The predicted molar refractivity (Wildman–Crippen MR) is 96.2 cm³/mol. The van der Waals surface area contributed by atoms with Gasteiger partial charge in [-0.05, 0) is 50.4 Å². The quantitative estimate of drug-likeness (QED) is 0.903. The topological polar surface area (TPSA) is 52.7 Å². The van der Waals surface area contributed by atoms with Crippen LogP contribution in [0, 0.1) is 0 Å². The molecule has 1 atom stereocenters. The van der Waals surface area contributed by atoms with E-state index in [-0.39, 0.29) is 11.8 Å². The smallest absolute Gasteiger partial charge is 0.238 e. The van der Waals surface area contributed by atoms with Crippen LogP contribution in [0.4, 0.5) is 11.4 Å². The van der Waals surface area contributed by atoms with E-state index in [9.17, 15) is 9.59 Å². The van der Waals surface area contributed by atoms with Gasteiger partial charge in [-0.25, -0.2) is 0 Å². The lowest BCUT2D eigenvalue weighted by Crippen LogP contribution is -2.43. The molecule has 0 saturated carbocycles. The summed E-state index contributed by atoms with van der Waals surface area (Å²) in [4.78, 5) is 28.4. The summed E-state index contributed by atoms with van der Waals surface area (Å²) in [7, 11) is 0. The van der Waals surface area contributed by atoms with E-state index in [1.165, 1.54) is 19.3 Å². The number of hydrogen-bond donors (Lipinski definition) is 1. The zero-order chi connectivity index (χ0) is 16.9. The first-order chi connectivity index (χ1) is 11.7. The zero-order valence-corrected chi connectivity index (χ0v) is 14.5. The van der Waals surface area contributed by atoms with Crippen LogP contribution in [-0.4, -0.2) is 42.4 Å². The van der Waals surface area contributed by atoms with Crippen LogP contribution >= 0.6 is 0 Å². The highest BCUT2D eigenvalue weighted by molar-refractivity contribution is 5.97. The molecule has 2 fully saturated rings. The van der Waals surface area contributed by atoms with Gasteiger partial charge in [0.2, 0.25) is 11.8 Å². The first-order valence-electron chi connectivity index (χ1n) is 9.11. The van der Waals surface area contributed by atoms with Crippen molar-refractivity contribution in [2.45, 2.75) is 51.5 Å². The molecule has 5 nitrogen and oxygen atoms in total. The maximum absolute atomic E-state index is 12.4. The first kappa shape index (κ1) is 17.0. The summed E-state index contributed by atoms with van der Waals surface area (Å²) < 4.78 is 0. The maximum atomic E-state index is 12.4. The molecule has 1 N–H and O–H groups in total. The SMILES string of the molecule is CCC1CCCCN1CC(=O)Nc1cccc(N2CCCC2=O)c1. The largest absolute Gasteiger partial charge is 0.325 e. The number of nitrogens with one attached hydrogen (secondary N) is 1. The van der Waals surface area contributed by atoms with Gasteiger partial charge in [-0.3, -0.25) is 14.5 Å². The number of anilines is 2. The van der Waals surface area contributed by atoms with Crippen LogP contribution in [0.25, 0.3) is 0 Å². The van der Waals surface area contributed by atoms with Crippen LogP contribution in [0.2, 0.25) is 0 Å². The van der Waals surface area contributed by atoms with Gasteiger partial charge >= 0.3 is 0 Å². The van der Waals surface area contributed by atoms with Crippen molar-refractivity contribution >= 4 is 23.2 Å². The van der Waals surface area contributed by atoms with Gasteiger partial charge in [0.05, 0.1) is 6.54 Å². The summed E-state index contributed by atoms with van der Waals surface area (Å²) in [5.74, 6) is 0.192. The Morgan fingerprint density at radius 3 is 2.88 bits per heavy atom. The molecule has 0 bridgehead atoms. The monoisotopic (exact) mass is 329 g/mol. The van der Waals surface area contributed by atoms with Crippen LogP contribution in [0.5, 0.6) is 0 Å². The minimum absolute atomic E-state index is 0.0280. The highest BCUT2D eigenvalue weighted by atomic mass is 16.2. The van der Waals surface area contributed by atoms with Crippen molar-refractivity contribution in [1.29, 1.82) is 0 Å². The van der Waals surface area contributed by atoms with Gasteiger partial charge < -0.3 is 10.2 Å². The number of benzene rings is 1. The number of amides is 2. The van der Waals surface area contributed by atoms with Gasteiger partial charge in [-0.15, -0.1) is 0 Å². The Bertz CT molecular complexity index is 602. The molecule has 5 heteroatoms. The minimum Gasteiger partial charge on any atom is -0.325 e. The van der Waals surface area contributed by atoms with Crippen molar-refractivity contribution in [2.24, 2.45) is 0 Å². The van der Waals surface area contributed by atoms with Gasteiger partial charge in [-0.1, -0.05) is 19.4 Å². The molecule has 0 spiro atoms. The number of piperidine rings is 1. The molecule has 0 aliphatic carbocycles. The second-order valence-corrected chi connectivity index (χ2v) is 6.78. The fraction of sp³-hybridized carbons (Fsp3) is 0.579. The maximum Gasteiger partial charge on any atom is 0.238 e. The molecule has 1 aromatic rings. The number of carbonyl (C=O) groups is 2. The molecule has 1 unspecified atom stereocenters. The number of carbonyl (C=O) groups excluding carboxylic acids is 2. The Morgan fingerprint density at radius 2 is 2.12 bits per heavy atom. The Kier molecular flexibility index (Phi) is 5.51. The normalized spacial score (nSPS) is 22.0. The summed E-state index contributed by atoms with van der Waals surface area (Å²) in [6.07, 6.45) is 6.25. The molecule has 2 aliphatic heterocycles. The lowest BCUT2D eigenvalue weighted by molar-refractivity contribution is -0.118. The van der Waals surface area contributed by atoms with E-state index in [0.717, 1.165) is 37.3 Å². The van der Waals surface area contributed by atoms with Gasteiger partial charge in [0.15, 0.2) is 0 Å². The van der Waals surface area contributed by atoms with Crippen molar-refractivity contribution in [1.82, 2.24) is 4.90 Å². The second-order valence-electron chi connectivity index (χ2n) is 6.78. The molecule has 3 rings (SSSR count). The third-order valence-corrected chi connectivity index (χ3v) is 5.08. The highest BCUT2D eigenvalue weighted by Crippen LogP contribution is 2.24. The molecule has 2 aliphatic rings. The number of rotatable bonds is 5. The van der Waals surface area contributed by atoms with Crippen LogP contribution in [0.15, 0.2) is 24.3 Å². The molecule has 2 amide bonds. The van der Waals surface area contributed by atoms with E-state index < -0.39 is 0 Å². The van der Waals surface area contributed by atoms with Crippen LogP contribution in [0.1, 0.15) is 45.4 Å². The van der Waals surface area contributed by atoms with Gasteiger partial charge in [-0.2, -0.15) is 0 Å². The molecule has 2 saturated heterocycles. The average Bonchev–Trinajstić information content (AvgIpc) is 3.01. The van der Waals surface area contributed by atoms with E-state index in [0.29, 0.717) is 19.0 Å². The Morgan fingerprint density at radius 1 is 1.25 bits per heavy atom. The molecular weight excluding hydrogens is 302 g/mol. The molecular formula is C19H27N3O2. The fourth-order valence-corrected chi connectivity index (χ4v) is 3.79. The Labute approximate surface area is 144 Å². The van der Waals surface area contributed by atoms with E-state index in [2.05, 4.69) is 17.1 Å². The van der Waals surface area contributed by atoms with Gasteiger partial charge in [0.1, 0.15) is 0 Å². The predicted octanol–water partition coefficient (Wildman–Crippen LogP) is 3.02. The summed E-state index contributed by atoms with van der Waals surface area (Å²) >= 11 is 0. The standard InChI is InChI=1S/C19H27N3O2/c1-2-16-8-3-4-11-21(16)14-18(23)20-15-7-5-9-17(13-15)22-12-6-10-19(22)24/h5,7,9,13,16H,2-4,6,8,10-12,14H2,1H3,(H,20,23). The first-order valence-corrected chi connectivity index (χ1v) is 9.11. The zero-order valence-electron chi connectivity index (χ0n) is 14.5.